The van der Waals surface area contributed by atoms with Crippen molar-refractivity contribution >= 4 is 22.9 Å². The third kappa shape index (κ3) is 2.84. The molecular weight excluding hydrogens is 278 g/mol. The zero-order chi connectivity index (χ0) is 14.2. The van der Waals surface area contributed by atoms with Crippen molar-refractivity contribution in [3.05, 3.63) is 33.5 Å². The summed E-state index contributed by atoms with van der Waals surface area (Å²) >= 11 is 8.05. The monoisotopic (exact) mass is 297 g/mol. The maximum atomic E-state index is 6.30. The van der Waals surface area contributed by atoms with Crippen LogP contribution >= 0.6 is 22.9 Å². The summed E-state index contributed by atoms with van der Waals surface area (Å²) in [6, 6.07) is 4.42. The summed E-state index contributed by atoms with van der Waals surface area (Å²) < 4.78 is 2.08. The highest BCUT2D eigenvalue weighted by atomic mass is 35.5. The normalized spacial score (nSPS) is 14.1. The van der Waals surface area contributed by atoms with Gasteiger partial charge in [0.2, 0.25) is 5.28 Å². The Kier molecular flexibility index (Phi) is 4.02. The van der Waals surface area contributed by atoms with Crippen LogP contribution in [0.15, 0.2) is 17.5 Å². The first-order valence-electron chi connectivity index (χ1n) is 6.46. The van der Waals surface area contributed by atoms with E-state index in [0.717, 1.165) is 5.82 Å². The summed E-state index contributed by atoms with van der Waals surface area (Å²) in [5.74, 6) is 1.36. The second-order valence-electron chi connectivity index (χ2n) is 6.12. The molecule has 0 fully saturated rings. The van der Waals surface area contributed by atoms with Crippen molar-refractivity contribution in [3.63, 3.8) is 0 Å². The van der Waals surface area contributed by atoms with Gasteiger partial charge >= 0.3 is 0 Å². The lowest BCUT2D eigenvalue weighted by Gasteiger charge is -2.27. The molecule has 0 aromatic carbocycles. The molecule has 0 N–H and O–H groups in total. The van der Waals surface area contributed by atoms with Crippen molar-refractivity contribution in [1.29, 1.82) is 0 Å². The molecule has 5 heteroatoms. The minimum absolute atomic E-state index is 0.0788. The van der Waals surface area contributed by atoms with Crippen LogP contribution in [0.1, 0.15) is 51.4 Å². The van der Waals surface area contributed by atoms with Crippen molar-refractivity contribution in [2.45, 2.75) is 46.1 Å². The number of aromatic nitrogens is 3. The first kappa shape index (κ1) is 14.5. The second-order valence-corrected chi connectivity index (χ2v) is 7.43. The van der Waals surface area contributed by atoms with E-state index in [1.54, 1.807) is 11.3 Å². The molecule has 2 aromatic rings. The standard InChI is InChI=1S/C14H20ClN3S/c1-9(2)11(10-7-6-8-19-10)18-12(14(3,4)5)16-17-13(18)15/h6-9,11H,1-5H3. The van der Waals surface area contributed by atoms with Crippen molar-refractivity contribution in [2.24, 2.45) is 5.92 Å². The molecular formula is C14H20ClN3S. The van der Waals surface area contributed by atoms with Crippen molar-refractivity contribution in [1.82, 2.24) is 14.8 Å². The Morgan fingerprint density at radius 3 is 2.42 bits per heavy atom. The Hall–Kier alpha value is -0.870. The van der Waals surface area contributed by atoms with Gasteiger partial charge in [-0.25, -0.2) is 0 Å². The van der Waals surface area contributed by atoms with Gasteiger partial charge in [0.25, 0.3) is 0 Å². The van der Waals surface area contributed by atoms with Crippen LogP contribution in [0.25, 0.3) is 0 Å². The average Bonchev–Trinajstić information content (AvgIpc) is 2.89. The molecule has 104 valence electrons. The molecule has 0 aliphatic heterocycles. The van der Waals surface area contributed by atoms with E-state index in [0.29, 0.717) is 11.2 Å². The summed E-state index contributed by atoms with van der Waals surface area (Å²) in [4.78, 5) is 1.29. The molecule has 2 rings (SSSR count). The largest absolute Gasteiger partial charge is 0.293 e. The van der Waals surface area contributed by atoms with E-state index in [1.165, 1.54) is 4.88 Å². The van der Waals surface area contributed by atoms with E-state index in [-0.39, 0.29) is 11.5 Å². The fourth-order valence-electron chi connectivity index (χ4n) is 2.24. The summed E-state index contributed by atoms with van der Waals surface area (Å²) in [7, 11) is 0. The Labute approximate surface area is 123 Å². The molecule has 19 heavy (non-hydrogen) atoms. The smallest absolute Gasteiger partial charge is 0.225 e. The minimum atomic E-state index is -0.0788. The quantitative estimate of drug-likeness (QED) is 0.833. The van der Waals surface area contributed by atoms with Crippen LogP contribution in [0.5, 0.6) is 0 Å². The van der Waals surface area contributed by atoms with Crippen molar-refractivity contribution in [2.75, 3.05) is 0 Å². The Bertz CT molecular complexity index is 538. The maximum Gasteiger partial charge on any atom is 0.225 e. The highest BCUT2D eigenvalue weighted by Crippen LogP contribution is 2.35. The molecule has 0 radical (unpaired) electrons. The summed E-state index contributed by atoms with van der Waals surface area (Å²) in [5.41, 5.74) is -0.0788. The lowest BCUT2D eigenvalue weighted by Crippen LogP contribution is -2.25. The number of nitrogens with zero attached hydrogens (tertiary/aromatic N) is 3. The van der Waals surface area contributed by atoms with E-state index < -0.39 is 0 Å². The van der Waals surface area contributed by atoms with E-state index >= 15 is 0 Å². The topological polar surface area (TPSA) is 30.7 Å². The summed E-state index contributed by atoms with van der Waals surface area (Å²) in [5, 5.41) is 10.9. The molecule has 0 saturated carbocycles. The highest BCUT2D eigenvalue weighted by molar-refractivity contribution is 7.10. The van der Waals surface area contributed by atoms with Crippen LogP contribution in [0, 0.1) is 5.92 Å². The van der Waals surface area contributed by atoms with Gasteiger partial charge in [-0.05, 0) is 29.0 Å². The predicted molar refractivity (Wildman–Crippen MR) is 81.0 cm³/mol. The van der Waals surface area contributed by atoms with Crippen LogP contribution in [0.2, 0.25) is 5.28 Å². The van der Waals surface area contributed by atoms with Gasteiger partial charge in [-0.3, -0.25) is 4.57 Å². The fourth-order valence-corrected chi connectivity index (χ4v) is 3.46. The molecule has 1 atom stereocenters. The van der Waals surface area contributed by atoms with Gasteiger partial charge in [0.15, 0.2) is 0 Å². The van der Waals surface area contributed by atoms with Gasteiger partial charge in [-0.15, -0.1) is 21.5 Å². The number of rotatable bonds is 3. The van der Waals surface area contributed by atoms with Gasteiger partial charge in [-0.2, -0.15) is 0 Å². The SMILES string of the molecule is CC(C)C(c1cccs1)n1c(Cl)nnc1C(C)(C)C. The zero-order valence-corrected chi connectivity index (χ0v) is 13.6. The average molecular weight is 298 g/mol. The number of hydrogen-bond donors (Lipinski definition) is 0. The molecule has 2 heterocycles. The number of thiophene rings is 1. The van der Waals surface area contributed by atoms with Gasteiger partial charge in [-0.1, -0.05) is 40.7 Å². The van der Waals surface area contributed by atoms with Crippen LogP contribution in [-0.4, -0.2) is 14.8 Å². The number of halogens is 1. The molecule has 0 amide bonds. The Balaban J connectivity index is 2.58. The zero-order valence-electron chi connectivity index (χ0n) is 12.0. The molecule has 0 aliphatic rings. The van der Waals surface area contributed by atoms with Gasteiger partial charge in [0, 0.05) is 10.3 Å². The lowest BCUT2D eigenvalue weighted by molar-refractivity contribution is 0.399. The van der Waals surface area contributed by atoms with Gasteiger partial charge in [0.1, 0.15) is 5.82 Å². The first-order valence-corrected chi connectivity index (χ1v) is 7.72. The molecule has 0 aliphatic carbocycles. The molecule has 3 nitrogen and oxygen atoms in total. The van der Waals surface area contributed by atoms with Gasteiger partial charge in [0.05, 0.1) is 6.04 Å². The van der Waals surface area contributed by atoms with Crippen LogP contribution in [0.4, 0.5) is 0 Å². The van der Waals surface area contributed by atoms with Gasteiger partial charge < -0.3 is 0 Å². The van der Waals surface area contributed by atoms with Crippen molar-refractivity contribution in [3.8, 4) is 0 Å². The first-order chi connectivity index (χ1) is 8.82. The lowest BCUT2D eigenvalue weighted by atomic mass is 9.94. The summed E-state index contributed by atoms with van der Waals surface area (Å²) in [6.45, 7) is 10.8. The van der Waals surface area contributed by atoms with E-state index in [1.807, 2.05) is 0 Å². The third-order valence-electron chi connectivity index (χ3n) is 3.07. The minimum Gasteiger partial charge on any atom is -0.293 e. The van der Waals surface area contributed by atoms with Crippen LogP contribution < -0.4 is 0 Å². The summed E-state index contributed by atoms with van der Waals surface area (Å²) in [6.07, 6.45) is 0. The predicted octanol–water partition coefficient (Wildman–Crippen LogP) is 4.54. The molecule has 0 spiro atoms. The van der Waals surface area contributed by atoms with E-state index in [2.05, 4.69) is 66.9 Å². The Morgan fingerprint density at radius 2 is 1.95 bits per heavy atom. The highest BCUT2D eigenvalue weighted by Gasteiger charge is 2.30. The van der Waals surface area contributed by atoms with Crippen molar-refractivity contribution < 1.29 is 0 Å². The Morgan fingerprint density at radius 1 is 1.26 bits per heavy atom. The van der Waals surface area contributed by atoms with Crippen LogP contribution in [-0.2, 0) is 5.41 Å². The molecule has 1 unspecified atom stereocenters. The second kappa shape index (κ2) is 5.25. The molecule has 2 aromatic heterocycles. The maximum absolute atomic E-state index is 6.30. The van der Waals surface area contributed by atoms with E-state index in [9.17, 15) is 0 Å². The molecule has 0 bridgehead atoms. The van der Waals surface area contributed by atoms with E-state index in [4.69, 9.17) is 11.6 Å². The third-order valence-corrected chi connectivity index (χ3v) is 4.27. The number of hydrogen-bond acceptors (Lipinski definition) is 3. The fraction of sp³-hybridized carbons (Fsp3) is 0.571. The van der Waals surface area contributed by atoms with Crippen LogP contribution in [0.3, 0.4) is 0 Å². The molecule has 0 saturated heterocycles.